The van der Waals surface area contributed by atoms with Gasteiger partial charge in [-0.1, -0.05) is 18.2 Å². The Bertz CT molecular complexity index is 985. The third-order valence-electron chi connectivity index (χ3n) is 5.06. The van der Waals surface area contributed by atoms with Crippen molar-refractivity contribution in [3.63, 3.8) is 0 Å². The third-order valence-corrected chi connectivity index (χ3v) is 5.06. The first-order chi connectivity index (χ1) is 13.7. The van der Waals surface area contributed by atoms with Crippen molar-refractivity contribution in [1.82, 2.24) is 14.9 Å². The highest BCUT2D eigenvalue weighted by Gasteiger charge is 2.28. The van der Waals surface area contributed by atoms with Gasteiger partial charge in [-0.25, -0.2) is 9.78 Å². The number of hydrogen-bond donors (Lipinski definition) is 2. The summed E-state index contributed by atoms with van der Waals surface area (Å²) in [6.07, 6.45) is 5.64. The van der Waals surface area contributed by atoms with Crippen LogP contribution in [0.3, 0.4) is 0 Å². The van der Waals surface area contributed by atoms with E-state index in [1.54, 1.807) is 24.4 Å². The van der Waals surface area contributed by atoms with Gasteiger partial charge >= 0.3 is 5.97 Å². The molecule has 1 aliphatic rings. The lowest BCUT2D eigenvalue weighted by Gasteiger charge is -2.23. The number of rotatable bonds is 6. The lowest BCUT2D eigenvalue weighted by Crippen LogP contribution is -2.23. The number of benzene rings is 1. The minimum absolute atomic E-state index is 0.195. The number of aromatic nitrogens is 2. The fourth-order valence-electron chi connectivity index (χ4n) is 3.70. The first kappa shape index (κ1) is 18.2. The summed E-state index contributed by atoms with van der Waals surface area (Å²) in [7, 11) is 1.83. The number of nitrogens with one attached hydrogen (secondary N) is 1. The number of aromatic carboxylic acids is 1. The van der Waals surface area contributed by atoms with Gasteiger partial charge in [0.25, 0.3) is 0 Å². The number of carbonyl (C=O) groups is 1. The number of carboxylic acid groups (broad SMARTS) is 1. The lowest BCUT2D eigenvalue weighted by molar-refractivity contribution is 0.0697. The van der Waals surface area contributed by atoms with Crippen molar-refractivity contribution in [3.05, 3.63) is 65.8 Å². The quantitative estimate of drug-likeness (QED) is 0.674. The maximum Gasteiger partial charge on any atom is 0.336 e. The molecule has 0 radical (unpaired) electrons. The number of likely N-dealkylation sites (tertiary alicyclic amines) is 1. The van der Waals surface area contributed by atoms with E-state index in [1.165, 1.54) is 0 Å². The zero-order valence-corrected chi connectivity index (χ0v) is 15.6. The molecule has 144 valence electrons. The Morgan fingerprint density at radius 3 is 2.96 bits per heavy atom. The number of furan rings is 1. The minimum atomic E-state index is -0.962. The number of hydrogen-bond acceptors (Lipinski definition) is 6. The molecule has 2 aromatic heterocycles. The minimum Gasteiger partial charge on any atom is -0.478 e. The van der Waals surface area contributed by atoms with Crippen molar-refractivity contribution in [2.45, 2.75) is 25.4 Å². The molecule has 0 spiro atoms. The van der Waals surface area contributed by atoms with Crippen LogP contribution in [0.1, 0.15) is 40.7 Å². The maximum atomic E-state index is 11.5. The van der Waals surface area contributed by atoms with Crippen molar-refractivity contribution < 1.29 is 14.3 Å². The highest BCUT2D eigenvalue weighted by Crippen LogP contribution is 2.33. The standard InChI is InChI=1S/C21H22N4O3/c1-22-20-12-23-11-17(24-20)18-7-4-10-25(18)13-14-8-9-19(28-14)15-5-2-3-6-16(15)21(26)27/h2-3,5-6,8-9,11-12,18H,4,7,10,13H2,1H3,(H,22,24)(H,26,27)/t18-/m0/s1. The molecule has 7 heteroatoms. The fourth-order valence-corrected chi connectivity index (χ4v) is 3.70. The van der Waals surface area contributed by atoms with Gasteiger partial charge in [0.2, 0.25) is 0 Å². The molecule has 0 saturated carbocycles. The first-order valence-corrected chi connectivity index (χ1v) is 9.31. The molecule has 2 N–H and O–H groups in total. The van der Waals surface area contributed by atoms with E-state index in [1.807, 2.05) is 31.4 Å². The van der Waals surface area contributed by atoms with E-state index in [0.29, 0.717) is 17.9 Å². The summed E-state index contributed by atoms with van der Waals surface area (Å²) in [4.78, 5) is 22.7. The van der Waals surface area contributed by atoms with Crippen LogP contribution < -0.4 is 5.32 Å². The zero-order chi connectivity index (χ0) is 19.5. The van der Waals surface area contributed by atoms with Crippen LogP contribution in [0.15, 0.2) is 53.2 Å². The Hall–Kier alpha value is -3.19. The topological polar surface area (TPSA) is 91.5 Å². The number of anilines is 1. The van der Waals surface area contributed by atoms with Crippen LogP contribution >= 0.6 is 0 Å². The van der Waals surface area contributed by atoms with Crippen LogP contribution in [0, 0.1) is 0 Å². The van der Waals surface area contributed by atoms with Crippen LogP contribution in [-0.2, 0) is 6.54 Å². The van der Waals surface area contributed by atoms with Gasteiger partial charge in [-0.2, -0.15) is 0 Å². The van der Waals surface area contributed by atoms with Crippen LogP contribution in [0.4, 0.5) is 5.82 Å². The Balaban J connectivity index is 1.54. The van der Waals surface area contributed by atoms with E-state index in [2.05, 4.69) is 20.2 Å². The van der Waals surface area contributed by atoms with E-state index in [4.69, 9.17) is 4.42 Å². The van der Waals surface area contributed by atoms with Crippen molar-refractivity contribution in [2.75, 3.05) is 18.9 Å². The third kappa shape index (κ3) is 3.61. The SMILES string of the molecule is CNc1cncc([C@@H]2CCCN2Cc2ccc(-c3ccccc3C(=O)O)o2)n1. The number of carboxylic acids is 1. The van der Waals surface area contributed by atoms with Crippen LogP contribution in [0.25, 0.3) is 11.3 Å². The second-order valence-electron chi connectivity index (χ2n) is 6.82. The van der Waals surface area contributed by atoms with Gasteiger partial charge in [0.05, 0.1) is 36.2 Å². The molecule has 1 atom stereocenters. The van der Waals surface area contributed by atoms with Gasteiger partial charge in [0.1, 0.15) is 17.3 Å². The normalized spacial score (nSPS) is 17.0. The lowest BCUT2D eigenvalue weighted by atomic mass is 10.1. The van der Waals surface area contributed by atoms with Gasteiger partial charge in [0, 0.05) is 12.6 Å². The van der Waals surface area contributed by atoms with Gasteiger partial charge in [-0.3, -0.25) is 9.88 Å². The van der Waals surface area contributed by atoms with Crippen LogP contribution in [-0.4, -0.2) is 39.5 Å². The van der Waals surface area contributed by atoms with E-state index >= 15 is 0 Å². The van der Waals surface area contributed by atoms with Crippen molar-refractivity contribution >= 4 is 11.8 Å². The van der Waals surface area contributed by atoms with E-state index < -0.39 is 5.97 Å². The van der Waals surface area contributed by atoms with Crippen molar-refractivity contribution in [3.8, 4) is 11.3 Å². The largest absolute Gasteiger partial charge is 0.478 e. The van der Waals surface area contributed by atoms with E-state index in [9.17, 15) is 9.90 Å². The second-order valence-corrected chi connectivity index (χ2v) is 6.82. The summed E-state index contributed by atoms with van der Waals surface area (Å²) in [5.74, 6) is 1.17. The predicted molar refractivity (Wildman–Crippen MR) is 105 cm³/mol. The van der Waals surface area contributed by atoms with Crippen molar-refractivity contribution in [2.24, 2.45) is 0 Å². The Kier molecular flexibility index (Phi) is 5.08. The molecule has 3 heterocycles. The van der Waals surface area contributed by atoms with Gasteiger partial charge in [0.15, 0.2) is 0 Å². The average Bonchev–Trinajstić information content (AvgIpc) is 3.38. The first-order valence-electron chi connectivity index (χ1n) is 9.31. The molecule has 1 fully saturated rings. The molecular formula is C21H22N4O3. The van der Waals surface area contributed by atoms with Crippen molar-refractivity contribution in [1.29, 1.82) is 0 Å². The second kappa shape index (κ2) is 7.82. The zero-order valence-electron chi connectivity index (χ0n) is 15.6. The summed E-state index contributed by atoms with van der Waals surface area (Å²) < 4.78 is 6.00. The molecular weight excluding hydrogens is 356 g/mol. The summed E-state index contributed by atoms with van der Waals surface area (Å²) in [6, 6.07) is 10.8. The summed E-state index contributed by atoms with van der Waals surface area (Å²) in [6.45, 7) is 1.60. The molecule has 0 aliphatic carbocycles. The predicted octanol–water partition coefficient (Wildman–Crippen LogP) is 3.81. The smallest absolute Gasteiger partial charge is 0.336 e. The number of nitrogens with zero attached hydrogens (tertiary/aromatic N) is 3. The fraction of sp³-hybridized carbons (Fsp3) is 0.286. The molecule has 0 unspecified atom stereocenters. The van der Waals surface area contributed by atoms with E-state index in [0.717, 1.165) is 36.7 Å². The average molecular weight is 378 g/mol. The molecule has 3 aromatic rings. The summed E-state index contributed by atoms with van der Waals surface area (Å²) in [5, 5.41) is 12.4. The van der Waals surface area contributed by atoms with E-state index in [-0.39, 0.29) is 11.6 Å². The Morgan fingerprint density at radius 2 is 2.14 bits per heavy atom. The maximum absolute atomic E-state index is 11.5. The molecule has 1 aliphatic heterocycles. The Labute approximate surface area is 163 Å². The van der Waals surface area contributed by atoms with Crippen LogP contribution in [0.5, 0.6) is 0 Å². The molecule has 1 aromatic carbocycles. The molecule has 1 saturated heterocycles. The van der Waals surface area contributed by atoms with Crippen LogP contribution in [0.2, 0.25) is 0 Å². The molecule has 0 bridgehead atoms. The van der Waals surface area contributed by atoms with Gasteiger partial charge in [-0.05, 0) is 37.6 Å². The summed E-state index contributed by atoms with van der Waals surface area (Å²) >= 11 is 0. The van der Waals surface area contributed by atoms with Gasteiger partial charge < -0.3 is 14.8 Å². The molecule has 4 rings (SSSR count). The Morgan fingerprint density at radius 1 is 1.29 bits per heavy atom. The molecule has 7 nitrogen and oxygen atoms in total. The summed E-state index contributed by atoms with van der Waals surface area (Å²) in [5.41, 5.74) is 1.78. The monoisotopic (exact) mass is 378 g/mol. The highest BCUT2D eigenvalue weighted by atomic mass is 16.4. The molecule has 28 heavy (non-hydrogen) atoms. The molecule has 0 amide bonds. The van der Waals surface area contributed by atoms with Gasteiger partial charge in [-0.15, -0.1) is 0 Å². The highest BCUT2D eigenvalue weighted by molar-refractivity contribution is 5.95.